The molecule has 4 heteroatoms. The number of nitrogens with zero attached hydrogens (tertiary/aromatic N) is 2. The van der Waals surface area contributed by atoms with E-state index in [2.05, 4.69) is 9.80 Å². The molecule has 3 fully saturated rings. The molecule has 3 saturated heterocycles. The highest BCUT2D eigenvalue weighted by molar-refractivity contribution is 5.67. The third-order valence-corrected chi connectivity index (χ3v) is 5.40. The molecule has 0 bridgehead atoms. The minimum absolute atomic E-state index is 0.369. The van der Waals surface area contributed by atoms with Crippen LogP contribution in [0.15, 0.2) is 0 Å². The van der Waals surface area contributed by atoms with Crippen molar-refractivity contribution in [2.45, 2.75) is 57.0 Å². The molecule has 19 heavy (non-hydrogen) atoms. The third-order valence-electron chi connectivity index (χ3n) is 5.40. The summed E-state index contributed by atoms with van der Waals surface area (Å²) in [6.45, 7) is 4.82. The predicted molar refractivity (Wildman–Crippen MR) is 74.2 cm³/mol. The van der Waals surface area contributed by atoms with Crippen molar-refractivity contribution in [3.8, 4) is 0 Å². The summed E-state index contributed by atoms with van der Waals surface area (Å²) in [4.78, 5) is 16.1. The van der Waals surface area contributed by atoms with E-state index in [1.807, 2.05) is 0 Å². The maximum atomic E-state index is 10.8. The Labute approximate surface area is 115 Å². The molecule has 3 aliphatic heterocycles. The van der Waals surface area contributed by atoms with Gasteiger partial charge in [-0.25, -0.2) is 0 Å². The van der Waals surface area contributed by atoms with Gasteiger partial charge in [0, 0.05) is 25.0 Å². The number of carboxylic acid groups (broad SMARTS) is 1. The van der Waals surface area contributed by atoms with Crippen LogP contribution in [0.2, 0.25) is 0 Å². The zero-order chi connectivity index (χ0) is 13.2. The summed E-state index contributed by atoms with van der Waals surface area (Å²) in [6, 6.07) is 1.55. The molecule has 0 aromatic heterocycles. The number of hydrogen-bond acceptors (Lipinski definition) is 3. The summed E-state index contributed by atoms with van der Waals surface area (Å²) in [5.74, 6) is -0.213. The molecule has 2 unspecified atom stereocenters. The van der Waals surface area contributed by atoms with Gasteiger partial charge in [-0.15, -0.1) is 0 Å². The quantitative estimate of drug-likeness (QED) is 0.846. The maximum absolute atomic E-state index is 10.8. The molecule has 0 aromatic carbocycles. The second-order valence-electron chi connectivity index (χ2n) is 6.53. The van der Waals surface area contributed by atoms with Crippen LogP contribution in [0.4, 0.5) is 0 Å². The van der Waals surface area contributed by atoms with Gasteiger partial charge in [-0.3, -0.25) is 14.6 Å². The number of hydrogen-bond donors (Lipinski definition) is 1. The van der Waals surface area contributed by atoms with Crippen LogP contribution in [-0.4, -0.2) is 59.1 Å². The Hall–Kier alpha value is -0.610. The second-order valence-corrected chi connectivity index (χ2v) is 6.53. The maximum Gasteiger partial charge on any atom is 0.303 e. The van der Waals surface area contributed by atoms with E-state index in [9.17, 15) is 4.79 Å². The van der Waals surface area contributed by atoms with Crippen LogP contribution in [0.25, 0.3) is 0 Å². The van der Waals surface area contributed by atoms with E-state index in [1.54, 1.807) is 0 Å². The SMILES string of the molecule is O=C(O)CC1CCN(C2CCN3CCCCC23)CC1. The highest BCUT2D eigenvalue weighted by atomic mass is 16.4. The lowest BCUT2D eigenvalue weighted by Crippen LogP contribution is -2.49. The average molecular weight is 266 g/mol. The predicted octanol–water partition coefficient (Wildman–Crippen LogP) is 1.80. The van der Waals surface area contributed by atoms with Crippen molar-refractivity contribution in [1.82, 2.24) is 9.80 Å². The van der Waals surface area contributed by atoms with Crippen molar-refractivity contribution < 1.29 is 9.90 Å². The van der Waals surface area contributed by atoms with E-state index in [-0.39, 0.29) is 0 Å². The smallest absolute Gasteiger partial charge is 0.303 e. The van der Waals surface area contributed by atoms with Gasteiger partial charge in [0.15, 0.2) is 0 Å². The van der Waals surface area contributed by atoms with Crippen LogP contribution in [0.3, 0.4) is 0 Å². The van der Waals surface area contributed by atoms with Crippen LogP contribution < -0.4 is 0 Å². The van der Waals surface area contributed by atoms with Crippen molar-refractivity contribution in [3.63, 3.8) is 0 Å². The van der Waals surface area contributed by atoms with E-state index in [0.717, 1.165) is 38.0 Å². The molecular formula is C15H26N2O2. The first kappa shape index (κ1) is 13.4. The van der Waals surface area contributed by atoms with Gasteiger partial charge in [0.25, 0.3) is 0 Å². The lowest BCUT2D eigenvalue weighted by atomic mass is 9.90. The molecule has 3 rings (SSSR count). The van der Waals surface area contributed by atoms with Crippen LogP contribution in [0.1, 0.15) is 44.9 Å². The highest BCUT2D eigenvalue weighted by Crippen LogP contribution is 2.33. The fourth-order valence-corrected chi connectivity index (χ4v) is 4.38. The summed E-state index contributed by atoms with van der Waals surface area (Å²) in [5, 5.41) is 8.88. The van der Waals surface area contributed by atoms with Gasteiger partial charge in [0.2, 0.25) is 0 Å². The lowest BCUT2D eigenvalue weighted by molar-refractivity contribution is -0.138. The lowest BCUT2D eigenvalue weighted by Gasteiger charge is -2.41. The van der Waals surface area contributed by atoms with Gasteiger partial charge in [-0.2, -0.15) is 0 Å². The monoisotopic (exact) mass is 266 g/mol. The molecule has 2 atom stereocenters. The number of carbonyl (C=O) groups is 1. The van der Waals surface area contributed by atoms with Crippen LogP contribution >= 0.6 is 0 Å². The molecule has 3 heterocycles. The Morgan fingerprint density at radius 1 is 0.895 bits per heavy atom. The minimum Gasteiger partial charge on any atom is -0.481 e. The van der Waals surface area contributed by atoms with Crippen LogP contribution in [0.5, 0.6) is 0 Å². The zero-order valence-electron chi connectivity index (χ0n) is 11.8. The summed E-state index contributed by atoms with van der Waals surface area (Å²) < 4.78 is 0. The van der Waals surface area contributed by atoms with Crippen LogP contribution in [-0.2, 0) is 4.79 Å². The van der Waals surface area contributed by atoms with Crippen molar-refractivity contribution in [3.05, 3.63) is 0 Å². The average Bonchev–Trinajstić information content (AvgIpc) is 2.83. The molecule has 0 saturated carbocycles. The van der Waals surface area contributed by atoms with Gasteiger partial charge < -0.3 is 5.11 Å². The van der Waals surface area contributed by atoms with Gasteiger partial charge in [0.1, 0.15) is 0 Å². The zero-order valence-corrected chi connectivity index (χ0v) is 11.8. The molecule has 0 aliphatic carbocycles. The van der Waals surface area contributed by atoms with Crippen LogP contribution in [0, 0.1) is 5.92 Å². The number of likely N-dealkylation sites (tertiary alicyclic amines) is 1. The number of rotatable bonds is 3. The van der Waals surface area contributed by atoms with Gasteiger partial charge in [-0.1, -0.05) is 6.42 Å². The molecule has 0 amide bonds. The minimum atomic E-state index is -0.627. The molecule has 1 N–H and O–H groups in total. The molecule has 0 spiro atoms. The Balaban J connectivity index is 1.52. The van der Waals surface area contributed by atoms with Crippen molar-refractivity contribution in [2.24, 2.45) is 5.92 Å². The Kier molecular flexibility index (Phi) is 4.08. The first-order valence-electron chi connectivity index (χ1n) is 7.94. The Morgan fingerprint density at radius 2 is 1.53 bits per heavy atom. The van der Waals surface area contributed by atoms with Gasteiger partial charge >= 0.3 is 5.97 Å². The largest absolute Gasteiger partial charge is 0.481 e. The second kappa shape index (κ2) is 5.80. The highest BCUT2D eigenvalue weighted by Gasteiger charge is 2.39. The van der Waals surface area contributed by atoms with Crippen molar-refractivity contribution >= 4 is 5.97 Å². The number of aliphatic carboxylic acids is 1. The van der Waals surface area contributed by atoms with Crippen molar-refractivity contribution in [1.29, 1.82) is 0 Å². The fraction of sp³-hybridized carbons (Fsp3) is 0.933. The molecule has 4 nitrogen and oxygen atoms in total. The van der Waals surface area contributed by atoms with E-state index in [0.29, 0.717) is 12.3 Å². The molecule has 0 aromatic rings. The standard InChI is InChI=1S/C15H26N2O2/c18-15(19)11-12-4-8-17(9-5-12)14-6-10-16-7-2-1-3-13(14)16/h12-14H,1-11H2,(H,18,19). The number of fused-ring (bicyclic) bond motifs is 1. The van der Waals surface area contributed by atoms with Gasteiger partial charge in [-0.05, 0) is 57.7 Å². The summed E-state index contributed by atoms with van der Waals surface area (Å²) in [5.41, 5.74) is 0. The molecule has 0 radical (unpaired) electrons. The molecular weight excluding hydrogens is 240 g/mol. The summed E-state index contributed by atoms with van der Waals surface area (Å²) in [7, 11) is 0. The normalized spacial score (nSPS) is 34.3. The summed E-state index contributed by atoms with van der Waals surface area (Å²) in [6.07, 6.45) is 8.00. The molecule has 108 valence electrons. The first-order valence-corrected chi connectivity index (χ1v) is 7.94. The van der Waals surface area contributed by atoms with Gasteiger partial charge in [0.05, 0.1) is 0 Å². The Morgan fingerprint density at radius 3 is 2.26 bits per heavy atom. The van der Waals surface area contributed by atoms with E-state index in [1.165, 1.54) is 38.8 Å². The first-order chi connectivity index (χ1) is 9.24. The summed E-state index contributed by atoms with van der Waals surface area (Å²) >= 11 is 0. The van der Waals surface area contributed by atoms with E-state index in [4.69, 9.17) is 5.11 Å². The van der Waals surface area contributed by atoms with Crippen molar-refractivity contribution in [2.75, 3.05) is 26.2 Å². The topological polar surface area (TPSA) is 43.8 Å². The Bertz CT molecular complexity index is 326. The molecule has 3 aliphatic rings. The van der Waals surface area contributed by atoms with E-state index >= 15 is 0 Å². The number of carboxylic acids is 1. The van der Waals surface area contributed by atoms with E-state index < -0.39 is 5.97 Å². The third kappa shape index (κ3) is 2.95. The number of piperidine rings is 2. The fourth-order valence-electron chi connectivity index (χ4n) is 4.38.